The van der Waals surface area contributed by atoms with Crippen molar-refractivity contribution in [2.45, 2.75) is 77.9 Å². The van der Waals surface area contributed by atoms with Crippen LogP contribution in [0.15, 0.2) is 4.99 Å². The van der Waals surface area contributed by atoms with E-state index in [9.17, 15) is 4.79 Å². The van der Waals surface area contributed by atoms with Gasteiger partial charge in [-0.2, -0.15) is 0 Å². The molecule has 7 nitrogen and oxygen atoms in total. The van der Waals surface area contributed by atoms with E-state index < -0.39 is 0 Å². The lowest BCUT2D eigenvalue weighted by atomic mass is 10.0. The topological polar surface area (TPSA) is 75.2 Å². The van der Waals surface area contributed by atoms with E-state index in [-0.39, 0.29) is 17.1 Å². The third-order valence-corrected chi connectivity index (χ3v) is 4.80. The second-order valence-corrected chi connectivity index (χ2v) is 9.02. The van der Waals surface area contributed by atoms with Crippen molar-refractivity contribution in [2.24, 2.45) is 4.99 Å². The zero-order valence-electron chi connectivity index (χ0n) is 18.9. The van der Waals surface area contributed by atoms with Gasteiger partial charge in [0, 0.05) is 45.2 Å². The lowest BCUT2D eigenvalue weighted by Crippen LogP contribution is -2.56. The molecule has 1 heterocycles. The fourth-order valence-electron chi connectivity index (χ4n) is 3.15. The molecular weight excluding hydrogens is 356 g/mol. The minimum atomic E-state index is -0.389. The van der Waals surface area contributed by atoms with Gasteiger partial charge in [-0.1, -0.05) is 12.8 Å². The molecule has 0 spiro atoms. The first kappa shape index (κ1) is 24.7. The van der Waals surface area contributed by atoms with E-state index in [1.54, 1.807) is 7.05 Å². The normalized spacial score (nSPS) is 16.7. The molecule has 7 heteroatoms. The second kappa shape index (κ2) is 12.3. The maximum absolute atomic E-state index is 11.7. The quantitative estimate of drug-likeness (QED) is 0.255. The van der Waals surface area contributed by atoms with Gasteiger partial charge in [0.15, 0.2) is 5.96 Å². The molecule has 0 aromatic heterocycles. The van der Waals surface area contributed by atoms with E-state index in [0.717, 1.165) is 71.0 Å². The molecule has 1 rings (SSSR count). The molecular formula is C21H42N4O3. The number of esters is 1. The van der Waals surface area contributed by atoms with Crippen LogP contribution in [0.4, 0.5) is 0 Å². The van der Waals surface area contributed by atoms with Crippen molar-refractivity contribution in [1.29, 1.82) is 0 Å². The molecule has 0 saturated carbocycles. The first-order valence-corrected chi connectivity index (χ1v) is 10.6. The molecule has 0 aliphatic carbocycles. The fraction of sp³-hybridized carbons (Fsp3) is 0.905. The van der Waals surface area contributed by atoms with Crippen LogP contribution in [0, 0.1) is 0 Å². The summed E-state index contributed by atoms with van der Waals surface area (Å²) in [4.78, 5) is 18.5. The van der Waals surface area contributed by atoms with Gasteiger partial charge in [-0.25, -0.2) is 0 Å². The number of rotatable bonds is 10. The minimum Gasteiger partial charge on any atom is -0.460 e. The summed E-state index contributed by atoms with van der Waals surface area (Å²) in [6.07, 6.45) is 4.57. The Morgan fingerprint density at radius 3 is 2.29 bits per heavy atom. The molecule has 0 bridgehead atoms. The van der Waals surface area contributed by atoms with Crippen LogP contribution in [-0.4, -0.2) is 74.4 Å². The molecule has 1 saturated heterocycles. The van der Waals surface area contributed by atoms with Crippen LogP contribution in [0.5, 0.6) is 0 Å². The predicted octanol–water partition coefficient (Wildman–Crippen LogP) is 2.55. The number of aliphatic imine (C=N–C) groups is 1. The summed E-state index contributed by atoms with van der Waals surface area (Å²) in [5.74, 6) is 0.744. The van der Waals surface area contributed by atoms with Crippen molar-refractivity contribution in [3.8, 4) is 0 Å². The maximum atomic E-state index is 11.7. The molecule has 1 aliphatic heterocycles. The zero-order valence-corrected chi connectivity index (χ0v) is 18.9. The van der Waals surface area contributed by atoms with Crippen LogP contribution in [0.1, 0.15) is 66.7 Å². The largest absolute Gasteiger partial charge is 0.460 e. The Bertz CT molecular complexity index is 481. The van der Waals surface area contributed by atoms with Crippen molar-refractivity contribution in [3.63, 3.8) is 0 Å². The number of guanidine groups is 1. The van der Waals surface area contributed by atoms with E-state index in [2.05, 4.69) is 34.4 Å². The maximum Gasteiger partial charge on any atom is 0.306 e. The summed E-state index contributed by atoms with van der Waals surface area (Å²) in [6.45, 7) is 15.5. The van der Waals surface area contributed by atoms with Crippen molar-refractivity contribution in [3.05, 3.63) is 0 Å². The highest BCUT2D eigenvalue weighted by Gasteiger charge is 2.28. The van der Waals surface area contributed by atoms with Crippen molar-refractivity contribution in [1.82, 2.24) is 15.5 Å². The Labute approximate surface area is 171 Å². The molecule has 1 fully saturated rings. The van der Waals surface area contributed by atoms with Gasteiger partial charge in [-0.05, 0) is 47.5 Å². The molecule has 28 heavy (non-hydrogen) atoms. The highest BCUT2D eigenvalue weighted by atomic mass is 16.6. The van der Waals surface area contributed by atoms with Gasteiger partial charge in [0.2, 0.25) is 0 Å². The summed E-state index contributed by atoms with van der Waals surface area (Å²) in [7, 11) is 1.80. The van der Waals surface area contributed by atoms with Gasteiger partial charge in [-0.3, -0.25) is 14.7 Å². The molecule has 0 radical (unpaired) electrons. The first-order chi connectivity index (χ1) is 13.1. The Kier molecular flexibility index (Phi) is 10.8. The van der Waals surface area contributed by atoms with Crippen molar-refractivity contribution >= 4 is 11.9 Å². The number of carbonyl (C=O) groups excluding carboxylic acids is 1. The SMILES string of the molecule is CN=C(NCCCCCCC(=O)OC(C)(C)C)NCC(C)(C)N1CCOCC1. The highest BCUT2D eigenvalue weighted by molar-refractivity contribution is 5.79. The Hall–Kier alpha value is -1.34. The summed E-state index contributed by atoms with van der Waals surface area (Å²) in [5, 5.41) is 6.82. The Balaban J connectivity index is 2.12. The summed E-state index contributed by atoms with van der Waals surface area (Å²) < 4.78 is 10.8. The number of morpholine rings is 1. The molecule has 0 unspecified atom stereocenters. The fourth-order valence-corrected chi connectivity index (χ4v) is 3.15. The van der Waals surface area contributed by atoms with Crippen LogP contribution in [-0.2, 0) is 14.3 Å². The third-order valence-electron chi connectivity index (χ3n) is 4.80. The molecule has 1 aliphatic rings. The zero-order chi connectivity index (χ0) is 21.0. The van der Waals surface area contributed by atoms with Crippen molar-refractivity contribution in [2.75, 3.05) is 46.4 Å². The monoisotopic (exact) mass is 398 g/mol. The average Bonchev–Trinajstić information content (AvgIpc) is 2.62. The van der Waals surface area contributed by atoms with E-state index in [4.69, 9.17) is 9.47 Å². The smallest absolute Gasteiger partial charge is 0.306 e. The van der Waals surface area contributed by atoms with Crippen molar-refractivity contribution < 1.29 is 14.3 Å². The molecule has 0 aromatic carbocycles. The number of hydrogen-bond acceptors (Lipinski definition) is 5. The van der Waals surface area contributed by atoms with E-state index >= 15 is 0 Å². The first-order valence-electron chi connectivity index (χ1n) is 10.6. The number of nitrogens with one attached hydrogen (secondary N) is 2. The van der Waals surface area contributed by atoms with E-state index in [0.29, 0.717) is 6.42 Å². The lowest BCUT2D eigenvalue weighted by molar-refractivity contribution is -0.154. The summed E-state index contributed by atoms with van der Waals surface area (Å²) in [5.41, 5.74) is -0.330. The van der Waals surface area contributed by atoms with Gasteiger partial charge in [0.25, 0.3) is 0 Å². The number of ether oxygens (including phenoxy) is 2. The number of nitrogens with zero attached hydrogens (tertiary/aromatic N) is 2. The van der Waals surface area contributed by atoms with E-state index in [1.807, 2.05) is 20.8 Å². The second-order valence-electron chi connectivity index (χ2n) is 9.02. The minimum absolute atomic E-state index is 0.0586. The van der Waals surface area contributed by atoms with Crippen LogP contribution < -0.4 is 10.6 Å². The Morgan fingerprint density at radius 2 is 1.68 bits per heavy atom. The Morgan fingerprint density at radius 1 is 1.04 bits per heavy atom. The number of hydrogen-bond donors (Lipinski definition) is 2. The van der Waals surface area contributed by atoms with Gasteiger partial charge in [0.1, 0.15) is 5.60 Å². The molecule has 164 valence electrons. The molecule has 0 atom stereocenters. The van der Waals surface area contributed by atoms with Crippen LogP contribution in [0.25, 0.3) is 0 Å². The van der Waals surface area contributed by atoms with Crippen LogP contribution in [0.3, 0.4) is 0 Å². The van der Waals surface area contributed by atoms with Crippen LogP contribution >= 0.6 is 0 Å². The van der Waals surface area contributed by atoms with Gasteiger partial charge in [0.05, 0.1) is 13.2 Å². The molecule has 0 amide bonds. The molecule has 0 aromatic rings. The van der Waals surface area contributed by atoms with Gasteiger partial charge in [-0.15, -0.1) is 0 Å². The number of carbonyl (C=O) groups is 1. The third kappa shape index (κ3) is 10.9. The standard InChI is InChI=1S/C21H42N4O3/c1-20(2,3)28-18(26)11-9-7-8-10-12-23-19(22-6)24-17-21(4,5)25-13-15-27-16-14-25/h7-17H2,1-6H3,(H2,22,23,24). The number of unbranched alkanes of at least 4 members (excludes halogenated alkanes) is 3. The van der Waals surface area contributed by atoms with Crippen LogP contribution in [0.2, 0.25) is 0 Å². The summed E-state index contributed by atoms with van der Waals surface area (Å²) >= 11 is 0. The molecule has 2 N–H and O–H groups in total. The van der Waals surface area contributed by atoms with Gasteiger partial charge < -0.3 is 20.1 Å². The predicted molar refractivity (Wildman–Crippen MR) is 115 cm³/mol. The average molecular weight is 399 g/mol. The van der Waals surface area contributed by atoms with Gasteiger partial charge >= 0.3 is 5.97 Å². The highest BCUT2D eigenvalue weighted by Crippen LogP contribution is 2.15. The van der Waals surface area contributed by atoms with E-state index in [1.165, 1.54) is 0 Å². The lowest BCUT2D eigenvalue weighted by Gasteiger charge is -2.41. The summed E-state index contributed by atoms with van der Waals surface area (Å²) in [6, 6.07) is 0.